The summed E-state index contributed by atoms with van der Waals surface area (Å²) in [6.45, 7) is 6.50. The Labute approximate surface area is 141 Å². The van der Waals surface area contributed by atoms with E-state index in [1.54, 1.807) is 18.2 Å². The zero-order valence-corrected chi connectivity index (χ0v) is 14.3. The largest absolute Gasteiger partial charge is 0.493 e. The van der Waals surface area contributed by atoms with Crippen LogP contribution in [-0.4, -0.2) is 23.0 Å². The lowest BCUT2D eigenvalue weighted by Gasteiger charge is -2.13. The summed E-state index contributed by atoms with van der Waals surface area (Å²) in [6, 6.07) is 5.28. The molecular formula is C18H23N3O3. The summed E-state index contributed by atoms with van der Waals surface area (Å²) in [7, 11) is 0. The van der Waals surface area contributed by atoms with Gasteiger partial charge in [-0.3, -0.25) is 9.59 Å². The van der Waals surface area contributed by atoms with E-state index in [-0.39, 0.29) is 5.56 Å². The van der Waals surface area contributed by atoms with Crippen molar-refractivity contribution < 1.29 is 9.53 Å². The van der Waals surface area contributed by atoms with Gasteiger partial charge in [0.25, 0.3) is 5.56 Å². The highest BCUT2D eigenvalue weighted by Crippen LogP contribution is 2.30. The zero-order valence-electron chi connectivity index (χ0n) is 14.3. The maximum atomic E-state index is 12.4. The second-order valence-electron chi connectivity index (χ2n) is 5.37. The number of benzene rings is 1. The number of aryl methyl sites for hydroxylation is 1. The van der Waals surface area contributed by atoms with Gasteiger partial charge in [0, 0.05) is 11.3 Å². The minimum absolute atomic E-state index is 0.130. The number of aromatic amines is 1. The molecule has 2 N–H and O–H groups in total. The van der Waals surface area contributed by atoms with Crippen molar-refractivity contribution in [2.45, 2.75) is 40.0 Å². The summed E-state index contributed by atoms with van der Waals surface area (Å²) in [5.74, 6) is 1.08. The number of hydrogen-bond acceptors (Lipinski definition) is 4. The lowest BCUT2D eigenvalue weighted by atomic mass is 10.1. The Hall–Kier alpha value is -2.63. The maximum Gasteiger partial charge on any atom is 0.254 e. The molecule has 6 nitrogen and oxygen atoms in total. The Balaban J connectivity index is 2.59. The SMILES string of the molecule is CCCOc1ccc(NC=O)cc1-c1nc(CC)c(CC)c(=O)[nH]1. The molecule has 1 aromatic carbocycles. The standard InChI is InChI=1S/C18H23N3O3/c1-4-9-24-16-8-7-12(19-11-22)10-14(16)17-20-15(6-3)13(5-2)18(23)21-17/h7-8,10-11H,4-6,9H2,1-3H3,(H,19,22)(H,20,21,23). The molecule has 0 unspecified atom stereocenters. The number of nitrogens with one attached hydrogen (secondary N) is 2. The number of ether oxygens (including phenoxy) is 1. The molecule has 1 amide bonds. The molecule has 0 spiro atoms. The average Bonchev–Trinajstić information content (AvgIpc) is 2.60. The highest BCUT2D eigenvalue weighted by atomic mass is 16.5. The van der Waals surface area contributed by atoms with Crippen molar-refractivity contribution in [3.63, 3.8) is 0 Å². The predicted molar refractivity (Wildman–Crippen MR) is 94.5 cm³/mol. The van der Waals surface area contributed by atoms with Gasteiger partial charge in [0.1, 0.15) is 11.6 Å². The Morgan fingerprint density at radius 3 is 2.67 bits per heavy atom. The van der Waals surface area contributed by atoms with Crippen molar-refractivity contribution in [2.75, 3.05) is 11.9 Å². The van der Waals surface area contributed by atoms with E-state index in [9.17, 15) is 9.59 Å². The number of nitrogens with zero attached hydrogens (tertiary/aromatic N) is 1. The fraction of sp³-hybridized carbons (Fsp3) is 0.389. The molecule has 0 saturated heterocycles. The van der Waals surface area contributed by atoms with Crippen LogP contribution in [0.25, 0.3) is 11.4 Å². The molecule has 2 aromatic rings. The number of carbonyl (C=O) groups is 1. The van der Waals surface area contributed by atoms with E-state index in [0.29, 0.717) is 54.2 Å². The summed E-state index contributed by atoms with van der Waals surface area (Å²) in [5, 5.41) is 2.61. The van der Waals surface area contributed by atoms with E-state index < -0.39 is 0 Å². The molecule has 128 valence electrons. The van der Waals surface area contributed by atoms with Crippen LogP contribution >= 0.6 is 0 Å². The minimum atomic E-state index is -0.130. The third-order valence-corrected chi connectivity index (χ3v) is 3.71. The molecule has 1 aromatic heterocycles. The third-order valence-electron chi connectivity index (χ3n) is 3.71. The van der Waals surface area contributed by atoms with Gasteiger partial charge in [0.05, 0.1) is 17.9 Å². The lowest BCUT2D eigenvalue weighted by molar-refractivity contribution is -0.105. The highest BCUT2D eigenvalue weighted by molar-refractivity contribution is 5.77. The molecule has 0 radical (unpaired) electrons. The molecule has 2 rings (SSSR count). The minimum Gasteiger partial charge on any atom is -0.493 e. The number of carbonyl (C=O) groups excluding carboxylic acids is 1. The first-order chi connectivity index (χ1) is 11.6. The number of hydrogen-bond donors (Lipinski definition) is 2. The van der Waals surface area contributed by atoms with Crippen LogP contribution in [0.5, 0.6) is 5.75 Å². The van der Waals surface area contributed by atoms with Gasteiger partial charge in [0.15, 0.2) is 0 Å². The Bertz CT molecular complexity index is 769. The molecule has 0 atom stereocenters. The van der Waals surface area contributed by atoms with E-state index >= 15 is 0 Å². The molecular weight excluding hydrogens is 306 g/mol. The number of rotatable bonds is 8. The number of aromatic nitrogens is 2. The van der Waals surface area contributed by atoms with Crippen LogP contribution in [0.4, 0.5) is 5.69 Å². The van der Waals surface area contributed by atoms with Crippen LogP contribution in [0, 0.1) is 0 Å². The summed E-state index contributed by atoms with van der Waals surface area (Å²) in [4.78, 5) is 30.5. The van der Waals surface area contributed by atoms with E-state index in [2.05, 4.69) is 15.3 Å². The van der Waals surface area contributed by atoms with Crippen molar-refractivity contribution in [3.8, 4) is 17.1 Å². The number of amides is 1. The van der Waals surface area contributed by atoms with Gasteiger partial charge in [0.2, 0.25) is 6.41 Å². The van der Waals surface area contributed by atoms with Gasteiger partial charge in [-0.2, -0.15) is 0 Å². The van der Waals surface area contributed by atoms with Gasteiger partial charge in [-0.1, -0.05) is 20.8 Å². The van der Waals surface area contributed by atoms with Crippen molar-refractivity contribution in [2.24, 2.45) is 0 Å². The fourth-order valence-corrected chi connectivity index (χ4v) is 2.54. The Kier molecular flexibility index (Phi) is 6.12. The van der Waals surface area contributed by atoms with Crippen LogP contribution in [0.3, 0.4) is 0 Å². The molecule has 0 aliphatic heterocycles. The molecule has 1 heterocycles. The molecule has 0 aliphatic rings. The van der Waals surface area contributed by atoms with Crippen LogP contribution in [0.15, 0.2) is 23.0 Å². The fourth-order valence-electron chi connectivity index (χ4n) is 2.54. The van der Waals surface area contributed by atoms with Crippen LogP contribution < -0.4 is 15.6 Å². The van der Waals surface area contributed by atoms with Crippen molar-refractivity contribution >= 4 is 12.1 Å². The Morgan fingerprint density at radius 1 is 1.25 bits per heavy atom. The second kappa shape index (κ2) is 8.29. The summed E-state index contributed by atoms with van der Waals surface area (Å²) in [6.07, 6.45) is 2.79. The third kappa shape index (κ3) is 3.82. The number of H-pyrrole nitrogens is 1. The second-order valence-corrected chi connectivity index (χ2v) is 5.37. The van der Waals surface area contributed by atoms with Crippen LogP contribution in [-0.2, 0) is 17.6 Å². The number of anilines is 1. The summed E-state index contributed by atoms with van der Waals surface area (Å²) < 4.78 is 5.77. The highest BCUT2D eigenvalue weighted by Gasteiger charge is 2.14. The molecule has 0 saturated carbocycles. The van der Waals surface area contributed by atoms with Crippen LogP contribution in [0.1, 0.15) is 38.4 Å². The van der Waals surface area contributed by atoms with Gasteiger partial charge < -0.3 is 15.0 Å². The first kappa shape index (κ1) is 17.7. The monoisotopic (exact) mass is 329 g/mol. The topological polar surface area (TPSA) is 84.1 Å². The van der Waals surface area contributed by atoms with Gasteiger partial charge in [-0.15, -0.1) is 0 Å². The molecule has 6 heteroatoms. The predicted octanol–water partition coefficient (Wildman–Crippen LogP) is 2.92. The van der Waals surface area contributed by atoms with E-state index in [1.807, 2.05) is 20.8 Å². The van der Waals surface area contributed by atoms with Crippen molar-refractivity contribution in [1.82, 2.24) is 9.97 Å². The van der Waals surface area contributed by atoms with E-state index in [1.165, 1.54) is 0 Å². The Morgan fingerprint density at radius 2 is 2.04 bits per heavy atom. The van der Waals surface area contributed by atoms with Gasteiger partial charge in [-0.05, 0) is 37.5 Å². The average molecular weight is 329 g/mol. The van der Waals surface area contributed by atoms with Gasteiger partial charge >= 0.3 is 0 Å². The molecule has 0 aliphatic carbocycles. The normalized spacial score (nSPS) is 10.5. The smallest absolute Gasteiger partial charge is 0.254 e. The lowest BCUT2D eigenvalue weighted by Crippen LogP contribution is -2.18. The summed E-state index contributed by atoms with van der Waals surface area (Å²) in [5.41, 5.74) is 2.63. The van der Waals surface area contributed by atoms with Crippen molar-refractivity contribution in [1.29, 1.82) is 0 Å². The first-order valence-corrected chi connectivity index (χ1v) is 8.23. The molecule has 24 heavy (non-hydrogen) atoms. The van der Waals surface area contributed by atoms with Crippen molar-refractivity contribution in [3.05, 3.63) is 39.8 Å². The van der Waals surface area contributed by atoms with Gasteiger partial charge in [-0.25, -0.2) is 4.98 Å². The summed E-state index contributed by atoms with van der Waals surface area (Å²) >= 11 is 0. The molecule has 0 bridgehead atoms. The molecule has 0 fully saturated rings. The quantitative estimate of drug-likeness (QED) is 0.729. The first-order valence-electron chi connectivity index (χ1n) is 8.23. The zero-order chi connectivity index (χ0) is 17.5. The van der Waals surface area contributed by atoms with E-state index in [4.69, 9.17) is 4.74 Å². The maximum absolute atomic E-state index is 12.4. The van der Waals surface area contributed by atoms with Crippen LogP contribution in [0.2, 0.25) is 0 Å². The van der Waals surface area contributed by atoms with E-state index in [0.717, 1.165) is 12.1 Å².